The van der Waals surface area contributed by atoms with Crippen LogP contribution in [0.3, 0.4) is 0 Å². The van der Waals surface area contributed by atoms with Crippen molar-refractivity contribution in [1.82, 2.24) is 24.8 Å². The molecular formula is C18H19N5O. The van der Waals surface area contributed by atoms with Crippen molar-refractivity contribution < 1.29 is 4.74 Å². The van der Waals surface area contributed by atoms with Crippen LogP contribution >= 0.6 is 0 Å². The topological polar surface area (TPSA) is 66.9 Å². The van der Waals surface area contributed by atoms with Crippen LogP contribution in [0, 0.1) is 0 Å². The predicted octanol–water partition coefficient (Wildman–Crippen LogP) is 2.44. The van der Waals surface area contributed by atoms with E-state index in [1.165, 1.54) is 5.56 Å². The van der Waals surface area contributed by atoms with Gasteiger partial charge in [0.05, 0.1) is 31.1 Å². The average Bonchev–Trinajstić information content (AvgIpc) is 3.14. The molecule has 1 fully saturated rings. The quantitative estimate of drug-likeness (QED) is 0.799. The molecule has 0 aliphatic carbocycles. The first-order chi connectivity index (χ1) is 11.9. The lowest BCUT2D eigenvalue weighted by Gasteiger charge is -2.34. The molecule has 1 aliphatic heterocycles. The van der Waals surface area contributed by atoms with E-state index in [2.05, 4.69) is 30.9 Å². The van der Waals surface area contributed by atoms with E-state index in [0.717, 1.165) is 36.8 Å². The summed E-state index contributed by atoms with van der Waals surface area (Å²) < 4.78 is 5.69. The summed E-state index contributed by atoms with van der Waals surface area (Å²) in [6.45, 7) is 3.11. The molecule has 6 nitrogen and oxygen atoms in total. The van der Waals surface area contributed by atoms with E-state index in [9.17, 15) is 0 Å². The van der Waals surface area contributed by atoms with Crippen molar-refractivity contribution in [3.8, 4) is 11.3 Å². The van der Waals surface area contributed by atoms with Crippen molar-refractivity contribution >= 4 is 0 Å². The van der Waals surface area contributed by atoms with E-state index in [1.54, 1.807) is 18.6 Å². The number of pyridine rings is 2. The average molecular weight is 321 g/mol. The van der Waals surface area contributed by atoms with E-state index >= 15 is 0 Å². The van der Waals surface area contributed by atoms with Crippen molar-refractivity contribution in [2.24, 2.45) is 0 Å². The Balaban J connectivity index is 1.56. The number of aromatic nitrogens is 4. The molecule has 0 bridgehead atoms. The van der Waals surface area contributed by atoms with Crippen LogP contribution in [-0.4, -0.2) is 44.6 Å². The molecule has 1 saturated heterocycles. The van der Waals surface area contributed by atoms with Crippen molar-refractivity contribution in [3.05, 3.63) is 66.6 Å². The van der Waals surface area contributed by atoms with Crippen molar-refractivity contribution in [2.75, 3.05) is 19.8 Å². The molecule has 4 heterocycles. The Kier molecular flexibility index (Phi) is 4.31. The van der Waals surface area contributed by atoms with Gasteiger partial charge in [-0.15, -0.1) is 0 Å². The van der Waals surface area contributed by atoms with Crippen LogP contribution in [0.4, 0.5) is 0 Å². The molecule has 1 aliphatic rings. The summed E-state index contributed by atoms with van der Waals surface area (Å²) in [4.78, 5) is 18.7. The van der Waals surface area contributed by atoms with Gasteiger partial charge in [0.1, 0.15) is 5.82 Å². The molecular weight excluding hydrogens is 302 g/mol. The molecule has 1 unspecified atom stereocenters. The minimum atomic E-state index is 0.120. The summed E-state index contributed by atoms with van der Waals surface area (Å²) in [6, 6.07) is 8.14. The van der Waals surface area contributed by atoms with Gasteiger partial charge in [-0.2, -0.15) is 0 Å². The lowest BCUT2D eigenvalue weighted by atomic mass is 10.1. The minimum absolute atomic E-state index is 0.120. The Morgan fingerprint density at radius 3 is 2.88 bits per heavy atom. The number of hydrogen-bond acceptors (Lipinski definition) is 5. The lowest BCUT2D eigenvalue weighted by molar-refractivity contribution is -0.0156. The van der Waals surface area contributed by atoms with Gasteiger partial charge in [-0.05, 0) is 23.8 Å². The van der Waals surface area contributed by atoms with Gasteiger partial charge in [0.15, 0.2) is 0 Å². The molecule has 0 aromatic carbocycles. The fourth-order valence-corrected chi connectivity index (χ4v) is 2.99. The molecule has 1 atom stereocenters. The second-order valence-corrected chi connectivity index (χ2v) is 5.84. The largest absolute Gasteiger partial charge is 0.378 e. The van der Waals surface area contributed by atoms with Crippen LogP contribution < -0.4 is 0 Å². The van der Waals surface area contributed by atoms with Gasteiger partial charge < -0.3 is 9.72 Å². The molecule has 4 rings (SSSR count). The van der Waals surface area contributed by atoms with Gasteiger partial charge in [-0.25, -0.2) is 4.98 Å². The van der Waals surface area contributed by atoms with Crippen molar-refractivity contribution in [1.29, 1.82) is 0 Å². The number of imidazole rings is 1. The fraction of sp³-hybridized carbons (Fsp3) is 0.278. The smallest absolute Gasteiger partial charge is 0.126 e. The van der Waals surface area contributed by atoms with Crippen molar-refractivity contribution in [2.45, 2.75) is 12.6 Å². The fourth-order valence-electron chi connectivity index (χ4n) is 2.99. The molecule has 1 N–H and O–H groups in total. The zero-order chi connectivity index (χ0) is 16.2. The number of nitrogens with one attached hydrogen (secondary N) is 1. The second kappa shape index (κ2) is 6.90. The number of hydrogen-bond donors (Lipinski definition) is 1. The Morgan fingerprint density at radius 1 is 1.12 bits per heavy atom. The summed E-state index contributed by atoms with van der Waals surface area (Å²) in [5, 5.41) is 0. The normalized spacial score (nSPS) is 18.6. The maximum Gasteiger partial charge on any atom is 0.126 e. The second-order valence-electron chi connectivity index (χ2n) is 5.84. The Morgan fingerprint density at radius 2 is 2.04 bits per heavy atom. The van der Waals surface area contributed by atoms with Crippen LogP contribution in [0.5, 0.6) is 0 Å². The zero-order valence-corrected chi connectivity index (χ0v) is 13.3. The third kappa shape index (κ3) is 3.20. The Labute approximate surface area is 140 Å². The van der Waals surface area contributed by atoms with Crippen molar-refractivity contribution in [3.63, 3.8) is 0 Å². The highest BCUT2D eigenvalue weighted by atomic mass is 16.5. The molecule has 24 heavy (non-hydrogen) atoms. The monoisotopic (exact) mass is 321 g/mol. The van der Waals surface area contributed by atoms with Gasteiger partial charge in [0.2, 0.25) is 0 Å². The number of morpholine rings is 1. The van der Waals surface area contributed by atoms with Gasteiger partial charge in [-0.3, -0.25) is 14.9 Å². The third-order valence-electron chi connectivity index (χ3n) is 4.25. The first-order valence-corrected chi connectivity index (χ1v) is 8.06. The zero-order valence-electron chi connectivity index (χ0n) is 13.3. The number of rotatable bonds is 4. The molecule has 122 valence electrons. The van der Waals surface area contributed by atoms with Crippen LogP contribution in [0.1, 0.15) is 17.4 Å². The standard InChI is InChI=1S/C18H19N5O/c1-2-14(10-20-5-1)12-23-8-9-24-13-17(23)18-21-11-16(22-18)15-3-6-19-7-4-15/h1-7,10-11,17H,8-9,12-13H2,(H,21,22). The van der Waals surface area contributed by atoms with E-state index < -0.39 is 0 Å². The SMILES string of the molecule is c1cncc(CN2CCOCC2c2ncc(-c3ccncc3)[nH]2)c1. The molecule has 0 radical (unpaired) electrons. The highest BCUT2D eigenvalue weighted by Crippen LogP contribution is 2.26. The van der Waals surface area contributed by atoms with Gasteiger partial charge in [0.25, 0.3) is 0 Å². The number of ether oxygens (including phenoxy) is 1. The summed E-state index contributed by atoms with van der Waals surface area (Å²) in [5.74, 6) is 0.936. The number of nitrogens with zero attached hydrogens (tertiary/aromatic N) is 4. The molecule has 3 aromatic rings. The van der Waals surface area contributed by atoms with E-state index in [4.69, 9.17) is 4.74 Å². The minimum Gasteiger partial charge on any atom is -0.378 e. The van der Waals surface area contributed by atoms with Crippen LogP contribution in [0.15, 0.2) is 55.2 Å². The molecule has 0 spiro atoms. The predicted molar refractivity (Wildman–Crippen MR) is 90.0 cm³/mol. The Bertz CT molecular complexity index is 774. The summed E-state index contributed by atoms with van der Waals surface area (Å²) >= 11 is 0. The first-order valence-electron chi connectivity index (χ1n) is 8.06. The molecule has 3 aromatic heterocycles. The number of aromatic amines is 1. The van der Waals surface area contributed by atoms with Gasteiger partial charge in [0, 0.05) is 43.4 Å². The van der Waals surface area contributed by atoms with Gasteiger partial charge >= 0.3 is 0 Å². The summed E-state index contributed by atoms with van der Waals surface area (Å²) in [6.07, 6.45) is 9.16. The van der Waals surface area contributed by atoms with E-state index in [1.807, 2.05) is 30.6 Å². The van der Waals surface area contributed by atoms with E-state index in [0.29, 0.717) is 6.61 Å². The highest BCUT2D eigenvalue weighted by Gasteiger charge is 2.27. The summed E-state index contributed by atoms with van der Waals surface area (Å²) in [5.41, 5.74) is 3.28. The maximum absolute atomic E-state index is 5.69. The van der Waals surface area contributed by atoms with Crippen LogP contribution in [0.25, 0.3) is 11.3 Å². The highest BCUT2D eigenvalue weighted by molar-refractivity contribution is 5.57. The lowest BCUT2D eigenvalue weighted by Crippen LogP contribution is -2.39. The molecule has 6 heteroatoms. The van der Waals surface area contributed by atoms with Crippen LogP contribution in [0.2, 0.25) is 0 Å². The molecule has 0 saturated carbocycles. The first kappa shape index (κ1) is 15.0. The van der Waals surface area contributed by atoms with Crippen LogP contribution in [-0.2, 0) is 11.3 Å². The third-order valence-corrected chi connectivity index (χ3v) is 4.25. The number of H-pyrrole nitrogens is 1. The molecule has 0 amide bonds. The Hall–Kier alpha value is -2.57. The van der Waals surface area contributed by atoms with E-state index in [-0.39, 0.29) is 6.04 Å². The van der Waals surface area contributed by atoms with Gasteiger partial charge in [-0.1, -0.05) is 6.07 Å². The maximum atomic E-state index is 5.69. The summed E-state index contributed by atoms with van der Waals surface area (Å²) in [7, 11) is 0.